The van der Waals surface area contributed by atoms with Crippen LogP contribution in [0.1, 0.15) is 31.1 Å². The summed E-state index contributed by atoms with van der Waals surface area (Å²) in [5.41, 5.74) is -3.07. The lowest BCUT2D eigenvalue weighted by molar-refractivity contribution is -0.137. The molecule has 0 spiro atoms. The first kappa shape index (κ1) is 20.0. The molecule has 2 aromatic heterocycles. The van der Waals surface area contributed by atoms with Crippen LogP contribution in [0, 0.1) is 18.6 Å². The van der Waals surface area contributed by atoms with Gasteiger partial charge in [-0.3, -0.25) is 4.57 Å². The number of anilines is 1. The normalized spacial score (nSPS) is 14.7. The average molecular weight is 425 g/mol. The molecule has 0 saturated heterocycles. The van der Waals surface area contributed by atoms with E-state index in [1.54, 1.807) is 20.8 Å². The van der Waals surface area contributed by atoms with Gasteiger partial charge in [0.25, 0.3) is 0 Å². The van der Waals surface area contributed by atoms with Crippen LogP contribution in [0.2, 0.25) is 0 Å². The molecule has 6 nitrogen and oxygen atoms in total. The molecule has 1 aliphatic heterocycles. The fourth-order valence-corrected chi connectivity index (χ4v) is 3.55. The Labute approximate surface area is 167 Å². The van der Waals surface area contributed by atoms with Gasteiger partial charge in [-0.25, -0.2) is 13.8 Å². The standard InChI is InChI=1S/C19H16F5N5O/c1-8-27-28-17-18(2,3)26-12-6-11(20)13(14(21)15(12)29(8)17)10-5-9(19(22,23)24)7-25-16(10)30-4/h5-7,26H,1-4H3. The van der Waals surface area contributed by atoms with E-state index in [-0.39, 0.29) is 17.3 Å². The first-order valence-electron chi connectivity index (χ1n) is 8.80. The molecular formula is C19H16F5N5O. The second-order valence-corrected chi connectivity index (χ2v) is 7.38. The van der Waals surface area contributed by atoms with Crippen molar-refractivity contribution in [2.45, 2.75) is 32.5 Å². The van der Waals surface area contributed by atoms with Gasteiger partial charge in [0.15, 0.2) is 11.6 Å². The lowest BCUT2D eigenvalue weighted by atomic mass is 9.96. The monoisotopic (exact) mass is 425 g/mol. The number of ether oxygens (including phenoxy) is 1. The minimum Gasteiger partial charge on any atom is -0.481 e. The van der Waals surface area contributed by atoms with Gasteiger partial charge in [-0.15, -0.1) is 10.2 Å². The van der Waals surface area contributed by atoms with Crippen molar-refractivity contribution >= 4 is 5.69 Å². The number of pyridine rings is 1. The molecule has 1 aliphatic rings. The van der Waals surface area contributed by atoms with Crippen LogP contribution < -0.4 is 10.1 Å². The van der Waals surface area contributed by atoms with E-state index in [0.717, 1.165) is 13.2 Å². The van der Waals surface area contributed by atoms with E-state index in [4.69, 9.17) is 4.74 Å². The average Bonchev–Trinajstić information content (AvgIpc) is 3.03. The molecule has 4 rings (SSSR count). The van der Waals surface area contributed by atoms with Gasteiger partial charge >= 0.3 is 6.18 Å². The topological polar surface area (TPSA) is 64.9 Å². The van der Waals surface area contributed by atoms with Gasteiger partial charge in [-0.2, -0.15) is 13.2 Å². The Morgan fingerprint density at radius 2 is 1.83 bits per heavy atom. The highest BCUT2D eigenvalue weighted by Crippen LogP contribution is 2.44. The van der Waals surface area contributed by atoms with E-state index in [1.165, 1.54) is 4.57 Å². The van der Waals surface area contributed by atoms with E-state index in [2.05, 4.69) is 20.5 Å². The van der Waals surface area contributed by atoms with Gasteiger partial charge < -0.3 is 10.1 Å². The SMILES string of the molecule is COc1ncc(C(F)(F)F)cc1-c1c(F)cc2c(c1F)-n1c(C)nnc1C(C)(C)N2. The Kier molecular flexibility index (Phi) is 4.26. The predicted octanol–water partition coefficient (Wildman–Crippen LogP) is 4.60. The summed E-state index contributed by atoms with van der Waals surface area (Å²) >= 11 is 0. The Balaban J connectivity index is 2.04. The fraction of sp³-hybridized carbons (Fsp3) is 0.316. The molecule has 0 amide bonds. The van der Waals surface area contributed by atoms with Crippen molar-refractivity contribution in [3.63, 3.8) is 0 Å². The quantitative estimate of drug-likeness (QED) is 0.608. The summed E-state index contributed by atoms with van der Waals surface area (Å²) in [4.78, 5) is 3.59. The maximum absolute atomic E-state index is 15.7. The first-order valence-corrected chi connectivity index (χ1v) is 8.80. The summed E-state index contributed by atoms with van der Waals surface area (Å²) in [5.74, 6) is -1.78. The van der Waals surface area contributed by atoms with Crippen molar-refractivity contribution < 1.29 is 26.7 Å². The van der Waals surface area contributed by atoms with Gasteiger partial charge in [0.1, 0.15) is 17.3 Å². The van der Waals surface area contributed by atoms with Gasteiger partial charge in [0.05, 0.1) is 35.0 Å². The molecule has 158 valence electrons. The van der Waals surface area contributed by atoms with Crippen molar-refractivity contribution in [3.05, 3.63) is 47.2 Å². The third kappa shape index (κ3) is 2.87. The van der Waals surface area contributed by atoms with Gasteiger partial charge in [0.2, 0.25) is 5.88 Å². The Bertz CT molecular complexity index is 1170. The second kappa shape index (κ2) is 6.38. The van der Waals surface area contributed by atoms with Crippen LogP contribution in [-0.2, 0) is 11.7 Å². The zero-order valence-electron chi connectivity index (χ0n) is 16.3. The minimum absolute atomic E-state index is 0.0947. The number of hydrogen-bond acceptors (Lipinski definition) is 5. The van der Waals surface area contributed by atoms with Gasteiger partial charge in [0, 0.05) is 12.3 Å². The second-order valence-electron chi connectivity index (χ2n) is 7.38. The summed E-state index contributed by atoms with van der Waals surface area (Å²) in [6.45, 7) is 5.12. The number of aromatic nitrogens is 4. The predicted molar refractivity (Wildman–Crippen MR) is 97.4 cm³/mol. The van der Waals surface area contributed by atoms with Crippen LogP contribution in [0.3, 0.4) is 0 Å². The number of nitrogens with zero attached hydrogens (tertiary/aromatic N) is 4. The van der Waals surface area contributed by atoms with Crippen molar-refractivity contribution in [1.82, 2.24) is 19.7 Å². The van der Waals surface area contributed by atoms with Crippen LogP contribution in [0.25, 0.3) is 16.8 Å². The summed E-state index contributed by atoms with van der Waals surface area (Å²) < 4.78 is 76.7. The van der Waals surface area contributed by atoms with Crippen LogP contribution in [-0.4, -0.2) is 26.9 Å². The molecule has 0 fully saturated rings. The Hall–Kier alpha value is -3.24. The molecule has 0 unspecified atom stereocenters. The molecule has 0 bridgehead atoms. The number of hydrogen-bond donors (Lipinski definition) is 1. The van der Waals surface area contributed by atoms with E-state index >= 15 is 8.78 Å². The zero-order valence-corrected chi connectivity index (χ0v) is 16.3. The number of halogens is 5. The third-order valence-electron chi connectivity index (χ3n) is 4.89. The van der Waals surface area contributed by atoms with E-state index in [0.29, 0.717) is 23.9 Å². The molecule has 1 aromatic carbocycles. The molecule has 3 aromatic rings. The van der Waals surface area contributed by atoms with Crippen molar-refractivity contribution in [2.24, 2.45) is 0 Å². The van der Waals surface area contributed by atoms with Crippen molar-refractivity contribution in [3.8, 4) is 22.7 Å². The van der Waals surface area contributed by atoms with Crippen LogP contribution >= 0.6 is 0 Å². The molecule has 1 N–H and O–H groups in total. The van der Waals surface area contributed by atoms with E-state index in [9.17, 15) is 13.2 Å². The molecule has 0 radical (unpaired) electrons. The Morgan fingerprint density at radius 1 is 1.13 bits per heavy atom. The van der Waals surface area contributed by atoms with E-state index in [1.807, 2.05) is 0 Å². The smallest absolute Gasteiger partial charge is 0.417 e. The summed E-state index contributed by atoms with van der Waals surface area (Å²) in [6, 6.07) is 1.64. The highest BCUT2D eigenvalue weighted by Gasteiger charge is 2.38. The highest BCUT2D eigenvalue weighted by atomic mass is 19.4. The van der Waals surface area contributed by atoms with Crippen LogP contribution in [0.5, 0.6) is 5.88 Å². The van der Waals surface area contributed by atoms with Crippen molar-refractivity contribution in [2.75, 3.05) is 12.4 Å². The maximum atomic E-state index is 15.7. The largest absolute Gasteiger partial charge is 0.481 e. The molecule has 11 heteroatoms. The number of alkyl halides is 3. The number of aryl methyl sites for hydroxylation is 1. The third-order valence-corrected chi connectivity index (χ3v) is 4.89. The summed E-state index contributed by atoms with van der Waals surface area (Å²) in [5, 5.41) is 11.0. The first-order chi connectivity index (χ1) is 14.0. The summed E-state index contributed by atoms with van der Waals surface area (Å²) in [6.07, 6.45) is -4.21. The fourth-order valence-electron chi connectivity index (χ4n) is 3.55. The lowest BCUT2D eigenvalue weighted by Crippen LogP contribution is -2.36. The number of benzene rings is 1. The molecular weight excluding hydrogens is 409 g/mol. The summed E-state index contributed by atoms with van der Waals surface area (Å²) in [7, 11) is 1.15. The van der Waals surface area contributed by atoms with E-state index < -0.39 is 40.0 Å². The van der Waals surface area contributed by atoms with Gasteiger partial charge in [-0.1, -0.05) is 0 Å². The van der Waals surface area contributed by atoms with Crippen LogP contribution in [0.15, 0.2) is 18.3 Å². The lowest BCUT2D eigenvalue weighted by Gasteiger charge is -2.34. The number of fused-ring (bicyclic) bond motifs is 3. The van der Waals surface area contributed by atoms with Crippen molar-refractivity contribution in [1.29, 1.82) is 0 Å². The maximum Gasteiger partial charge on any atom is 0.417 e. The minimum atomic E-state index is -4.75. The molecule has 0 saturated carbocycles. The number of methoxy groups -OCH3 is 1. The molecule has 0 atom stereocenters. The van der Waals surface area contributed by atoms with Crippen LogP contribution in [0.4, 0.5) is 27.6 Å². The Morgan fingerprint density at radius 3 is 2.47 bits per heavy atom. The molecule has 3 heterocycles. The van der Waals surface area contributed by atoms with Gasteiger partial charge in [-0.05, 0) is 26.8 Å². The zero-order chi connectivity index (χ0) is 22.0. The number of rotatable bonds is 2. The highest BCUT2D eigenvalue weighted by molar-refractivity contribution is 5.79. The molecule has 30 heavy (non-hydrogen) atoms. The molecule has 0 aliphatic carbocycles. The number of nitrogens with one attached hydrogen (secondary N) is 1.